The molecule has 1 heterocycles. The lowest BCUT2D eigenvalue weighted by atomic mass is 10.1. The molecular formula is C27H26N2O5S. The van der Waals surface area contributed by atoms with Crippen molar-refractivity contribution >= 4 is 33.4 Å². The zero-order valence-corrected chi connectivity index (χ0v) is 20.6. The Morgan fingerprint density at radius 2 is 1.43 bits per heavy atom. The smallest absolute Gasteiger partial charge is 0.270 e. The molecule has 0 unspecified atom stereocenters. The molecule has 8 heteroatoms. The Labute approximate surface area is 205 Å². The number of anilines is 1. The second-order valence-corrected chi connectivity index (χ2v) is 10.4. The van der Waals surface area contributed by atoms with E-state index in [4.69, 9.17) is 0 Å². The van der Waals surface area contributed by atoms with Crippen LogP contribution < -0.4 is 4.31 Å². The Hall–Kier alpha value is -3.78. The van der Waals surface area contributed by atoms with E-state index in [0.717, 1.165) is 20.3 Å². The SMILES string of the molecule is Cc1ccc(S(=O)(=O)N(C(=O)CCCN2C(=O)c3ccccc3C2=O)c2cccc(C)c2C)cc1. The minimum Gasteiger partial charge on any atom is -0.274 e. The molecular weight excluding hydrogens is 464 g/mol. The number of rotatable bonds is 7. The topological polar surface area (TPSA) is 91.8 Å². The third kappa shape index (κ3) is 4.49. The van der Waals surface area contributed by atoms with Crippen molar-refractivity contribution in [2.45, 2.75) is 38.5 Å². The number of hydrogen-bond donors (Lipinski definition) is 0. The normalized spacial score (nSPS) is 13.2. The second kappa shape index (κ2) is 9.46. The van der Waals surface area contributed by atoms with Gasteiger partial charge in [-0.15, -0.1) is 0 Å². The highest BCUT2D eigenvalue weighted by Gasteiger charge is 2.36. The Morgan fingerprint density at radius 3 is 2.03 bits per heavy atom. The van der Waals surface area contributed by atoms with Crippen LogP contribution in [0.4, 0.5) is 5.69 Å². The number of nitrogens with zero attached hydrogens (tertiary/aromatic N) is 2. The van der Waals surface area contributed by atoms with Gasteiger partial charge in [0.1, 0.15) is 0 Å². The van der Waals surface area contributed by atoms with Gasteiger partial charge in [0.25, 0.3) is 21.8 Å². The molecule has 0 saturated carbocycles. The first kappa shape index (κ1) is 24.3. The van der Waals surface area contributed by atoms with Crippen LogP contribution in [0.3, 0.4) is 0 Å². The van der Waals surface area contributed by atoms with E-state index >= 15 is 0 Å². The lowest BCUT2D eigenvalue weighted by Gasteiger charge is -2.25. The van der Waals surface area contributed by atoms with Gasteiger partial charge in [-0.1, -0.05) is 42.0 Å². The van der Waals surface area contributed by atoms with Crippen LogP contribution in [0.5, 0.6) is 0 Å². The van der Waals surface area contributed by atoms with E-state index in [2.05, 4.69) is 0 Å². The molecule has 4 rings (SSSR count). The highest BCUT2D eigenvalue weighted by molar-refractivity contribution is 7.93. The molecule has 0 fully saturated rings. The number of hydrogen-bond acceptors (Lipinski definition) is 5. The van der Waals surface area contributed by atoms with Crippen molar-refractivity contribution in [3.8, 4) is 0 Å². The van der Waals surface area contributed by atoms with Crippen molar-refractivity contribution in [1.82, 2.24) is 4.90 Å². The number of aryl methyl sites for hydroxylation is 2. The molecule has 7 nitrogen and oxygen atoms in total. The highest BCUT2D eigenvalue weighted by Crippen LogP contribution is 2.30. The van der Waals surface area contributed by atoms with E-state index in [1.165, 1.54) is 12.1 Å². The monoisotopic (exact) mass is 490 g/mol. The number of sulfonamides is 1. The van der Waals surface area contributed by atoms with Crippen molar-refractivity contribution < 1.29 is 22.8 Å². The number of amides is 3. The summed E-state index contributed by atoms with van der Waals surface area (Å²) in [6, 6.07) is 18.1. The molecule has 3 aromatic carbocycles. The Bertz CT molecular complexity index is 1390. The predicted molar refractivity (Wildman–Crippen MR) is 133 cm³/mol. The van der Waals surface area contributed by atoms with Crippen LogP contribution in [0.2, 0.25) is 0 Å². The van der Waals surface area contributed by atoms with Crippen LogP contribution in [0, 0.1) is 20.8 Å². The molecule has 1 aliphatic rings. The molecule has 0 N–H and O–H groups in total. The number of carbonyl (C=O) groups excluding carboxylic acids is 3. The fourth-order valence-electron chi connectivity index (χ4n) is 4.10. The summed E-state index contributed by atoms with van der Waals surface area (Å²) in [7, 11) is -4.19. The van der Waals surface area contributed by atoms with Crippen LogP contribution in [0.1, 0.15) is 50.2 Å². The van der Waals surface area contributed by atoms with Crippen LogP contribution in [-0.4, -0.2) is 37.6 Å². The van der Waals surface area contributed by atoms with Crippen LogP contribution in [0.15, 0.2) is 71.6 Å². The zero-order chi connectivity index (χ0) is 25.3. The van der Waals surface area contributed by atoms with Gasteiger partial charge in [-0.3, -0.25) is 19.3 Å². The summed E-state index contributed by atoms with van der Waals surface area (Å²) < 4.78 is 28.1. The van der Waals surface area contributed by atoms with Crippen molar-refractivity contribution in [3.05, 3.63) is 94.5 Å². The number of imide groups is 1. The first-order valence-electron chi connectivity index (χ1n) is 11.3. The van der Waals surface area contributed by atoms with E-state index in [0.29, 0.717) is 16.7 Å². The van der Waals surface area contributed by atoms with Gasteiger partial charge in [0.2, 0.25) is 5.91 Å². The summed E-state index contributed by atoms with van der Waals surface area (Å²) in [6.07, 6.45) is -0.0268. The Balaban J connectivity index is 1.59. The maximum Gasteiger partial charge on any atom is 0.270 e. The minimum absolute atomic E-state index is 0.0118. The molecule has 0 aliphatic carbocycles. The van der Waals surface area contributed by atoms with E-state index < -0.39 is 27.7 Å². The maximum absolute atomic E-state index is 13.6. The number of carbonyl (C=O) groups is 3. The molecule has 0 bridgehead atoms. The van der Waals surface area contributed by atoms with Gasteiger partial charge >= 0.3 is 0 Å². The Kier molecular flexibility index (Phi) is 6.58. The molecule has 3 aromatic rings. The van der Waals surface area contributed by atoms with Gasteiger partial charge in [-0.25, -0.2) is 12.7 Å². The zero-order valence-electron chi connectivity index (χ0n) is 19.8. The average molecular weight is 491 g/mol. The third-order valence-corrected chi connectivity index (χ3v) is 7.98. The molecule has 0 radical (unpaired) electrons. The molecule has 3 amide bonds. The molecule has 0 atom stereocenters. The van der Waals surface area contributed by atoms with E-state index in [1.54, 1.807) is 55.5 Å². The first-order chi connectivity index (χ1) is 16.6. The van der Waals surface area contributed by atoms with Crippen LogP contribution in [-0.2, 0) is 14.8 Å². The fraction of sp³-hybridized carbons (Fsp3) is 0.222. The highest BCUT2D eigenvalue weighted by atomic mass is 32.2. The van der Waals surface area contributed by atoms with Crippen molar-refractivity contribution in [1.29, 1.82) is 0 Å². The van der Waals surface area contributed by atoms with Gasteiger partial charge in [0.15, 0.2) is 0 Å². The lowest BCUT2D eigenvalue weighted by molar-refractivity contribution is -0.117. The van der Waals surface area contributed by atoms with Crippen LogP contribution >= 0.6 is 0 Å². The van der Waals surface area contributed by atoms with E-state index in [-0.39, 0.29) is 30.0 Å². The quantitative estimate of drug-likeness (QED) is 0.458. The van der Waals surface area contributed by atoms with E-state index in [9.17, 15) is 22.8 Å². The van der Waals surface area contributed by atoms with E-state index in [1.807, 2.05) is 19.9 Å². The van der Waals surface area contributed by atoms with Crippen LogP contribution in [0.25, 0.3) is 0 Å². The summed E-state index contributed by atoms with van der Waals surface area (Å²) >= 11 is 0. The van der Waals surface area contributed by atoms with Crippen molar-refractivity contribution in [2.75, 3.05) is 10.8 Å². The summed E-state index contributed by atoms with van der Waals surface area (Å²) in [5, 5.41) is 0. The molecule has 0 spiro atoms. The molecule has 35 heavy (non-hydrogen) atoms. The summed E-state index contributed by atoms with van der Waals surface area (Å²) in [5.41, 5.74) is 3.39. The largest absolute Gasteiger partial charge is 0.274 e. The summed E-state index contributed by atoms with van der Waals surface area (Å²) in [4.78, 5) is 39.7. The molecule has 0 saturated heterocycles. The predicted octanol–water partition coefficient (Wildman–Crippen LogP) is 4.41. The van der Waals surface area contributed by atoms with Gasteiger partial charge in [-0.2, -0.15) is 0 Å². The summed E-state index contributed by atoms with van der Waals surface area (Å²) in [5.74, 6) is -1.44. The fourth-order valence-corrected chi connectivity index (χ4v) is 5.61. The number of benzene rings is 3. The minimum atomic E-state index is -4.19. The molecule has 1 aliphatic heterocycles. The second-order valence-electron chi connectivity index (χ2n) is 8.61. The van der Waals surface area contributed by atoms with Gasteiger partial charge < -0.3 is 0 Å². The third-order valence-electron chi connectivity index (χ3n) is 6.23. The average Bonchev–Trinajstić information content (AvgIpc) is 3.07. The molecule has 180 valence electrons. The van der Waals surface area contributed by atoms with Crippen molar-refractivity contribution in [3.63, 3.8) is 0 Å². The van der Waals surface area contributed by atoms with Gasteiger partial charge in [0, 0.05) is 13.0 Å². The van der Waals surface area contributed by atoms with Crippen molar-refractivity contribution in [2.24, 2.45) is 0 Å². The van der Waals surface area contributed by atoms with Gasteiger partial charge in [-0.05, 0) is 68.7 Å². The first-order valence-corrected chi connectivity index (χ1v) is 12.7. The maximum atomic E-state index is 13.6. The summed E-state index contributed by atoms with van der Waals surface area (Å²) in [6.45, 7) is 5.49. The van der Waals surface area contributed by atoms with Gasteiger partial charge in [0.05, 0.1) is 21.7 Å². The standard InChI is InChI=1S/C27H26N2O5S/c1-18-13-15-21(16-14-18)35(33,34)29(24-11-6-8-19(2)20(24)3)25(30)12-7-17-28-26(31)22-9-4-5-10-23(22)27(28)32/h4-6,8-11,13-16H,7,12,17H2,1-3H3. The lowest BCUT2D eigenvalue weighted by Crippen LogP contribution is -2.38. The Morgan fingerprint density at radius 1 is 0.829 bits per heavy atom. The number of fused-ring (bicyclic) bond motifs is 1. The molecule has 0 aromatic heterocycles.